The highest BCUT2D eigenvalue weighted by atomic mass is 19.4. The summed E-state index contributed by atoms with van der Waals surface area (Å²) in [5.74, 6) is -1.92. The minimum absolute atomic E-state index is 0.0438. The Balaban J connectivity index is 1.31. The van der Waals surface area contributed by atoms with Crippen molar-refractivity contribution in [2.45, 2.75) is 12.7 Å². The van der Waals surface area contributed by atoms with Gasteiger partial charge in [0.15, 0.2) is 0 Å². The largest absolute Gasteiger partial charge is 0.416 e. The van der Waals surface area contributed by atoms with Crippen LogP contribution in [-0.2, 0) is 12.7 Å². The molecule has 1 saturated heterocycles. The Morgan fingerprint density at radius 3 is 2.24 bits per heavy atom. The summed E-state index contributed by atoms with van der Waals surface area (Å²) in [5, 5.41) is 0. The monoisotopic (exact) mass is 511 g/mol. The molecule has 190 valence electrons. The molecule has 0 aliphatic carbocycles. The highest BCUT2D eigenvalue weighted by molar-refractivity contribution is 6.23. The fourth-order valence-electron chi connectivity index (χ4n) is 4.70. The Kier molecular flexibility index (Phi) is 6.18. The molecule has 2 aliphatic heterocycles. The molecular weight excluding hydrogens is 490 g/mol. The summed E-state index contributed by atoms with van der Waals surface area (Å²) in [7, 11) is 0. The first-order valence-electron chi connectivity index (χ1n) is 11.6. The second-order valence-electron chi connectivity index (χ2n) is 8.88. The molecule has 5 rings (SSSR count). The van der Waals surface area contributed by atoms with E-state index in [4.69, 9.17) is 0 Å². The Hall–Kier alpha value is -4.21. The number of carbonyl (C=O) groups is 3. The summed E-state index contributed by atoms with van der Waals surface area (Å²) >= 11 is 0. The molecule has 0 bridgehead atoms. The van der Waals surface area contributed by atoms with E-state index in [9.17, 15) is 31.9 Å². The Labute approximate surface area is 209 Å². The highest BCUT2D eigenvalue weighted by Crippen LogP contribution is 2.34. The molecule has 6 nitrogen and oxygen atoms in total. The minimum atomic E-state index is -4.55. The first-order valence-corrected chi connectivity index (χ1v) is 11.6. The van der Waals surface area contributed by atoms with E-state index in [2.05, 4.69) is 0 Å². The lowest BCUT2D eigenvalue weighted by Crippen LogP contribution is -2.49. The van der Waals surface area contributed by atoms with Gasteiger partial charge < -0.3 is 9.80 Å². The van der Waals surface area contributed by atoms with E-state index in [-0.39, 0.29) is 36.3 Å². The maximum Gasteiger partial charge on any atom is 0.416 e. The van der Waals surface area contributed by atoms with Crippen LogP contribution in [-0.4, -0.2) is 53.7 Å². The summed E-state index contributed by atoms with van der Waals surface area (Å²) < 4.78 is 52.7. The lowest BCUT2D eigenvalue weighted by Gasteiger charge is -2.36. The summed E-state index contributed by atoms with van der Waals surface area (Å²) in [4.78, 5) is 43.5. The quantitative estimate of drug-likeness (QED) is 0.380. The van der Waals surface area contributed by atoms with E-state index >= 15 is 0 Å². The number of piperazine rings is 1. The number of benzene rings is 3. The summed E-state index contributed by atoms with van der Waals surface area (Å²) in [6, 6.07) is 15.0. The molecule has 0 atom stereocenters. The molecule has 0 unspecified atom stereocenters. The number of nitrogens with zero attached hydrogens (tertiary/aromatic N) is 3. The maximum atomic E-state index is 13.6. The van der Waals surface area contributed by atoms with Crippen molar-refractivity contribution in [2.24, 2.45) is 0 Å². The minimum Gasteiger partial charge on any atom is -0.367 e. The van der Waals surface area contributed by atoms with Crippen LogP contribution in [0.5, 0.6) is 0 Å². The number of fused-ring (bicyclic) bond motifs is 1. The third-order valence-electron chi connectivity index (χ3n) is 6.55. The second-order valence-corrected chi connectivity index (χ2v) is 8.88. The molecule has 3 aromatic rings. The number of alkyl halides is 3. The lowest BCUT2D eigenvalue weighted by molar-refractivity contribution is -0.137. The molecule has 37 heavy (non-hydrogen) atoms. The van der Waals surface area contributed by atoms with Crippen molar-refractivity contribution in [1.82, 2.24) is 9.80 Å². The number of hydrogen-bond acceptors (Lipinski definition) is 4. The molecular formula is C27H21F4N3O3. The van der Waals surface area contributed by atoms with Gasteiger partial charge in [-0.05, 0) is 48.0 Å². The van der Waals surface area contributed by atoms with Crippen molar-refractivity contribution in [3.8, 4) is 0 Å². The fourth-order valence-corrected chi connectivity index (χ4v) is 4.70. The zero-order chi connectivity index (χ0) is 26.3. The number of carbonyl (C=O) groups excluding carboxylic acids is 3. The van der Waals surface area contributed by atoms with Gasteiger partial charge in [-0.1, -0.05) is 24.3 Å². The van der Waals surface area contributed by atoms with Gasteiger partial charge >= 0.3 is 6.18 Å². The number of amides is 3. The zero-order valence-corrected chi connectivity index (χ0v) is 19.5. The van der Waals surface area contributed by atoms with Crippen LogP contribution in [0.25, 0.3) is 0 Å². The van der Waals surface area contributed by atoms with Gasteiger partial charge in [-0.15, -0.1) is 0 Å². The van der Waals surface area contributed by atoms with Gasteiger partial charge in [0.25, 0.3) is 17.7 Å². The predicted molar refractivity (Wildman–Crippen MR) is 127 cm³/mol. The van der Waals surface area contributed by atoms with Crippen LogP contribution in [0.15, 0.2) is 66.7 Å². The first kappa shape index (κ1) is 24.5. The zero-order valence-electron chi connectivity index (χ0n) is 19.5. The van der Waals surface area contributed by atoms with Crippen LogP contribution in [0.2, 0.25) is 0 Å². The topological polar surface area (TPSA) is 60.9 Å². The van der Waals surface area contributed by atoms with Crippen LogP contribution in [0.1, 0.15) is 42.2 Å². The van der Waals surface area contributed by atoms with Crippen LogP contribution in [0.3, 0.4) is 0 Å². The molecule has 0 saturated carbocycles. The van der Waals surface area contributed by atoms with Gasteiger partial charge in [-0.3, -0.25) is 19.3 Å². The van der Waals surface area contributed by atoms with Crippen LogP contribution < -0.4 is 4.90 Å². The maximum absolute atomic E-state index is 13.6. The molecule has 0 spiro atoms. The van der Waals surface area contributed by atoms with E-state index in [1.165, 1.54) is 35.2 Å². The van der Waals surface area contributed by atoms with E-state index in [1.54, 1.807) is 24.3 Å². The van der Waals surface area contributed by atoms with Crippen molar-refractivity contribution < 1.29 is 31.9 Å². The standard InChI is InChI=1S/C27H21F4N3O3/c28-20-7-1-4-17(14-20)16-34-25(36)21-8-3-9-22(23(21)26(34)37)32-10-12-33(13-11-32)24(35)18-5-2-6-19(15-18)27(29,30)31/h1-9,14-15H,10-13,16H2. The molecule has 3 aromatic carbocycles. The molecule has 2 aliphatic rings. The van der Waals surface area contributed by atoms with Crippen molar-refractivity contribution in [3.63, 3.8) is 0 Å². The lowest BCUT2D eigenvalue weighted by atomic mass is 10.1. The molecule has 10 heteroatoms. The van der Waals surface area contributed by atoms with Crippen molar-refractivity contribution in [2.75, 3.05) is 31.1 Å². The van der Waals surface area contributed by atoms with Crippen molar-refractivity contribution in [3.05, 3.63) is 100 Å². The van der Waals surface area contributed by atoms with Gasteiger partial charge in [0.2, 0.25) is 0 Å². The predicted octanol–water partition coefficient (Wildman–Crippen LogP) is 4.60. The smallest absolute Gasteiger partial charge is 0.367 e. The van der Waals surface area contributed by atoms with Crippen molar-refractivity contribution in [1.29, 1.82) is 0 Å². The molecule has 3 amide bonds. The Bertz CT molecular complexity index is 1400. The number of imide groups is 1. The SMILES string of the molecule is O=C(c1cccc(C(F)(F)F)c1)N1CCN(c2cccc3c2C(=O)N(Cc2cccc(F)c2)C3=O)CC1. The van der Waals surface area contributed by atoms with Gasteiger partial charge in [0.1, 0.15) is 5.82 Å². The number of rotatable bonds is 4. The molecule has 1 fully saturated rings. The Morgan fingerprint density at radius 1 is 0.838 bits per heavy atom. The molecule has 0 radical (unpaired) electrons. The average Bonchev–Trinajstić information content (AvgIpc) is 3.13. The van der Waals surface area contributed by atoms with E-state index in [1.807, 2.05) is 4.90 Å². The third-order valence-corrected chi connectivity index (χ3v) is 6.55. The number of halogens is 4. The van der Waals surface area contributed by atoms with Gasteiger partial charge in [-0.25, -0.2) is 4.39 Å². The summed E-state index contributed by atoms with van der Waals surface area (Å²) in [6.45, 7) is 1.05. The molecule has 0 aromatic heterocycles. The van der Waals surface area contributed by atoms with Crippen LogP contribution in [0, 0.1) is 5.82 Å². The van der Waals surface area contributed by atoms with Gasteiger partial charge in [0.05, 0.1) is 28.9 Å². The summed E-state index contributed by atoms with van der Waals surface area (Å²) in [5.41, 5.74) is 0.602. The van der Waals surface area contributed by atoms with E-state index < -0.39 is 35.3 Å². The summed E-state index contributed by atoms with van der Waals surface area (Å²) in [6.07, 6.45) is -4.55. The van der Waals surface area contributed by atoms with E-state index in [0.29, 0.717) is 24.3 Å². The molecule has 2 heterocycles. The van der Waals surface area contributed by atoms with E-state index in [0.717, 1.165) is 17.0 Å². The highest BCUT2D eigenvalue weighted by Gasteiger charge is 2.39. The number of hydrogen-bond donors (Lipinski definition) is 0. The average molecular weight is 511 g/mol. The first-order chi connectivity index (χ1) is 17.6. The van der Waals surface area contributed by atoms with Crippen molar-refractivity contribution >= 4 is 23.4 Å². The molecule has 0 N–H and O–H groups in total. The van der Waals surface area contributed by atoms with Gasteiger partial charge in [0, 0.05) is 31.7 Å². The Morgan fingerprint density at radius 2 is 1.54 bits per heavy atom. The van der Waals surface area contributed by atoms with Gasteiger partial charge in [-0.2, -0.15) is 13.2 Å². The normalized spacial score (nSPS) is 15.8. The van der Waals surface area contributed by atoms with Crippen LogP contribution >= 0.6 is 0 Å². The fraction of sp³-hybridized carbons (Fsp3) is 0.222. The third kappa shape index (κ3) is 4.66. The van der Waals surface area contributed by atoms with Crippen LogP contribution in [0.4, 0.5) is 23.2 Å². The second kappa shape index (κ2) is 9.34. The number of anilines is 1.